The first kappa shape index (κ1) is 56.7. The SMILES string of the molecule is Cc1ccc(S(=O)(=O)N2CC[C@@H]3[C@H](CO)Nc4ccc(-c5cccc(NC(=O)CCCC6CCC(CCCC(=O)N[C@H](C(=O)N7C[C@H](O)C[C@H]7C(=O)NCc7ccc(-c8scnc8C)cc7)C(C)(C)C)CC6)c5)cc4[C@@H]32)cc1. The molecular weight excluding hydrogens is 1020 g/mol. The molecule has 1 aliphatic carbocycles. The lowest BCUT2D eigenvalue weighted by Gasteiger charge is -2.39. The molecule has 1 aromatic heterocycles. The van der Waals surface area contributed by atoms with Crippen molar-refractivity contribution in [2.45, 2.75) is 153 Å². The van der Waals surface area contributed by atoms with Crippen LogP contribution in [0.3, 0.4) is 0 Å². The fraction of sp³-hybridized carbons (Fsp3) is 0.492. The lowest BCUT2D eigenvalue weighted by molar-refractivity contribution is -0.144. The quantitative estimate of drug-likeness (QED) is 0.0461. The Morgan fingerprint density at radius 2 is 1.50 bits per heavy atom. The van der Waals surface area contributed by atoms with Gasteiger partial charge in [-0.2, -0.15) is 4.31 Å². The van der Waals surface area contributed by atoms with Crippen LogP contribution in [0.1, 0.15) is 126 Å². The summed E-state index contributed by atoms with van der Waals surface area (Å²) in [5.41, 5.74) is 9.29. The standard InChI is InChI=1S/C61H77N7O8S2/c1-38-15-26-48(27-16-38)78(75,76)68-30-29-49-52(36-69)65-51-28-25-45(32-50(51)56(49)68)44-11-8-12-46(31-44)64-54(71)13-6-9-40-17-19-41(20-18-40)10-7-14-55(72)66-58(61(3,4)5)60(74)67-35-47(70)33-53(67)59(73)62-34-42-21-23-43(24-22-42)57-39(2)63-37-77-57/h8,11-12,15-16,21-28,31-32,37,40-41,47,49,52-53,56,58,65,69-70H,6-7,9-10,13-14,17-20,29-30,33-36H2,1-5H3,(H,62,73)(H,64,71)(H,66,72)/t40?,41?,47-,49-,52+,53+,56-,58-/m1/s1. The van der Waals surface area contributed by atoms with Crippen molar-refractivity contribution in [2.24, 2.45) is 23.2 Å². The number of sulfonamides is 1. The number of carbonyl (C=O) groups is 4. The molecule has 416 valence electrons. The first-order valence-electron chi connectivity index (χ1n) is 27.9. The van der Waals surface area contributed by atoms with Crippen molar-refractivity contribution in [1.82, 2.24) is 24.8 Å². The zero-order valence-corrected chi connectivity index (χ0v) is 47.3. The number of nitrogens with zero attached hydrogens (tertiary/aromatic N) is 3. The Kier molecular flexibility index (Phi) is 17.9. The molecule has 6 N–H and O–H groups in total. The number of β-amino-alcohol motifs (C(OH)–C–C–N with tert-alkyl or cyclic N) is 1. The number of carbonyl (C=O) groups excluding carboxylic acids is 4. The minimum atomic E-state index is -3.80. The first-order chi connectivity index (χ1) is 37.4. The number of aromatic nitrogens is 1. The maximum atomic E-state index is 14.2. The molecule has 15 nitrogen and oxygen atoms in total. The van der Waals surface area contributed by atoms with Crippen LogP contribution in [0.15, 0.2) is 101 Å². The van der Waals surface area contributed by atoms with E-state index in [1.54, 1.807) is 27.8 Å². The summed E-state index contributed by atoms with van der Waals surface area (Å²) in [7, 11) is -3.80. The summed E-state index contributed by atoms with van der Waals surface area (Å²) in [6.45, 7) is 10.1. The van der Waals surface area contributed by atoms with Crippen LogP contribution >= 0.6 is 11.3 Å². The van der Waals surface area contributed by atoms with Gasteiger partial charge in [0.1, 0.15) is 12.1 Å². The number of rotatable bonds is 19. The predicted molar refractivity (Wildman–Crippen MR) is 306 cm³/mol. The molecule has 78 heavy (non-hydrogen) atoms. The molecule has 0 spiro atoms. The Hall–Kier alpha value is -5.98. The van der Waals surface area contributed by atoms with Crippen LogP contribution in [0.4, 0.5) is 11.4 Å². The molecule has 4 aliphatic rings. The van der Waals surface area contributed by atoms with Crippen LogP contribution in [0.25, 0.3) is 21.6 Å². The van der Waals surface area contributed by atoms with Crippen LogP contribution in [-0.2, 0) is 35.7 Å². The highest BCUT2D eigenvalue weighted by Gasteiger charge is 2.49. The molecule has 9 rings (SSSR count). The minimum absolute atomic E-state index is 0.0213. The molecule has 0 unspecified atom stereocenters. The van der Waals surface area contributed by atoms with Crippen LogP contribution in [0.5, 0.6) is 0 Å². The molecule has 6 atom stereocenters. The van der Waals surface area contributed by atoms with Crippen molar-refractivity contribution < 1.29 is 37.8 Å². The molecule has 3 fully saturated rings. The van der Waals surface area contributed by atoms with E-state index in [1.807, 2.05) is 119 Å². The highest BCUT2D eigenvalue weighted by molar-refractivity contribution is 7.89. The molecule has 5 aromatic rings. The number of likely N-dealkylation sites (tertiary alicyclic amines) is 1. The Bertz CT molecular complexity index is 3040. The second-order valence-corrected chi connectivity index (χ2v) is 26.1. The number of thiazole rings is 1. The Morgan fingerprint density at radius 1 is 0.833 bits per heavy atom. The van der Waals surface area contributed by atoms with E-state index in [-0.39, 0.29) is 66.6 Å². The molecule has 2 saturated heterocycles. The lowest BCUT2D eigenvalue weighted by Crippen LogP contribution is -2.57. The fourth-order valence-corrected chi connectivity index (χ4v) is 14.7. The third-order valence-corrected chi connectivity index (χ3v) is 19.5. The van der Waals surface area contributed by atoms with E-state index in [0.717, 1.165) is 94.6 Å². The normalized spacial score (nSPS) is 22.7. The number of benzene rings is 4. The van der Waals surface area contributed by atoms with Gasteiger partial charge in [0, 0.05) is 56.2 Å². The third-order valence-electron chi connectivity index (χ3n) is 16.6. The highest BCUT2D eigenvalue weighted by atomic mass is 32.2. The van der Waals surface area contributed by atoms with E-state index in [1.165, 1.54) is 4.90 Å². The van der Waals surface area contributed by atoms with Gasteiger partial charge in [-0.1, -0.05) is 107 Å². The summed E-state index contributed by atoms with van der Waals surface area (Å²) >= 11 is 1.58. The summed E-state index contributed by atoms with van der Waals surface area (Å²) in [6, 6.07) is 26.2. The fourth-order valence-electron chi connectivity index (χ4n) is 12.2. The lowest BCUT2D eigenvalue weighted by atomic mass is 9.78. The molecule has 4 aromatic carbocycles. The number of aliphatic hydroxyl groups excluding tert-OH is 2. The summed E-state index contributed by atoms with van der Waals surface area (Å²) in [4.78, 5) is 61.6. The van der Waals surface area contributed by atoms with Crippen molar-refractivity contribution in [3.05, 3.63) is 119 Å². The van der Waals surface area contributed by atoms with E-state index >= 15 is 0 Å². The Labute approximate surface area is 464 Å². The number of anilines is 2. The maximum Gasteiger partial charge on any atom is 0.246 e. The predicted octanol–water partition coefficient (Wildman–Crippen LogP) is 9.53. The number of nitrogens with one attached hydrogen (secondary N) is 4. The van der Waals surface area contributed by atoms with Gasteiger partial charge in [-0.3, -0.25) is 19.2 Å². The van der Waals surface area contributed by atoms with E-state index < -0.39 is 39.7 Å². The van der Waals surface area contributed by atoms with Gasteiger partial charge < -0.3 is 36.4 Å². The average Bonchev–Trinajstić information content (AvgIpc) is 4.38. The third kappa shape index (κ3) is 13.2. The summed E-state index contributed by atoms with van der Waals surface area (Å²) in [5, 5.41) is 33.6. The number of fused-ring (bicyclic) bond motifs is 3. The minimum Gasteiger partial charge on any atom is -0.394 e. The number of hydrogen-bond donors (Lipinski definition) is 6. The summed E-state index contributed by atoms with van der Waals surface area (Å²) in [6.07, 6.45) is 8.34. The number of amides is 4. The average molecular weight is 1100 g/mol. The smallest absolute Gasteiger partial charge is 0.246 e. The van der Waals surface area contributed by atoms with Gasteiger partial charge in [0.05, 0.1) is 45.8 Å². The molecule has 4 heterocycles. The van der Waals surface area contributed by atoms with Gasteiger partial charge in [-0.25, -0.2) is 13.4 Å². The van der Waals surface area contributed by atoms with E-state index in [2.05, 4.69) is 26.3 Å². The topological polar surface area (TPSA) is 210 Å². The van der Waals surface area contributed by atoms with E-state index in [9.17, 15) is 37.8 Å². The van der Waals surface area contributed by atoms with Crippen molar-refractivity contribution in [3.8, 4) is 21.6 Å². The summed E-state index contributed by atoms with van der Waals surface area (Å²) < 4.78 is 29.8. The molecule has 0 radical (unpaired) electrons. The van der Waals surface area contributed by atoms with Crippen molar-refractivity contribution in [1.29, 1.82) is 0 Å². The Morgan fingerprint density at radius 3 is 2.15 bits per heavy atom. The van der Waals surface area contributed by atoms with Gasteiger partial charge in [-0.05, 0) is 127 Å². The monoisotopic (exact) mass is 1100 g/mol. The van der Waals surface area contributed by atoms with Gasteiger partial charge in [-0.15, -0.1) is 11.3 Å². The van der Waals surface area contributed by atoms with Crippen molar-refractivity contribution in [3.63, 3.8) is 0 Å². The van der Waals surface area contributed by atoms with Gasteiger partial charge in [0.25, 0.3) is 0 Å². The number of aliphatic hydroxyl groups is 2. The van der Waals surface area contributed by atoms with E-state index in [4.69, 9.17) is 0 Å². The largest absolute Gasteiger partial charge is 0.394 e. The molecule has 0 bridgehead atoms. The highest BCUT2D eigenvalue weighted by Crippen LogP contribution is 2.49. The van der Waals surface area contributed by atoms with Gasteiger partial charge in [0.2, 0.25) is 33.7 Å². The van der Waals surface area contributed by atoms with Gasteiger partial charge in [0.15, 0.2) is 0 Å². The zero-order valence-electron chi connectivity index (χ0n) is 45.7. The molecule has 4 amide bonds. The molecule has 17 heteroatoms. The zero-order chi connectivity index (χ0) is 55.3. The van der Waals surface area contributed by atoms with Crippen molar-refractivity contribution >= 4 is 56.4 Å². The van der Waals surface area contributed by atoms with Gasteiger partial charge >= 0.3 is 0 Å². The number of aryl methyl sites for hydroxylation is 2. The van der Waals surface area contributed by atoms with E-state index in [0.29, 0.717) is 49.8 Å². The van der Waals surface area contributed by atoms with Crippen LogP contribution in [-0.4, -0.2) is 100 Å². The van der Waals surface area contributed by atoms with Crippen LogP contribution in [0.2, 0.25) is 0 Å². The van der Waals surface area contributed by atoms with Crippen LogP contribution in [0, 0.1) is 37.0 Å². The van der Waals surface area contributed by atoms with Crippen LogP contribution < -0.4 is 21.3 Å². The van der Waals surface area contributed by atoms with Crippen molar-refractivity contribution in [2.75, 3.05) is 30.3 Å². The Balaban J connectivity index is 0.701. The second-order valence-electron chi connectivity index (χ2n) is 23.3. The molecule has 3 aliphatic heterocycles. The first-order valence-corrected chi connectivity index (χ1v) is 30.2. The molecule has 1 saturated carbocycles. The molecular formula is C61H77N7O8S2. The second kappa shape index (κ2) is 24.6. The maximum absolute atomic E-state index is 14.2. The number of hydrogen-bond acceptors (Lipinski definition) is 11. The summed E-state index contributed by atoms with van der Waals surface area (Å²) in [5.74, 6) is 0.0241.